The number of rotatable bonds is 2. The molecule has 12 rings (SSSR count). The van der Waals surface area contributed by atoms with Crippen LogP contribution in [0.4, 0.5) is 0 Å². The monoisotopic (exact) mass is 634 g/mol. The van der Waals surface area contributed by atoms with Crippen LogP contribution in [-0.2, 0) is 0 Å². The van der Waals surface area contributed by atoms with Crippen LogP contribution in [0, 0.1) is 0 Å². The second-order valence-corrected chi connectivity index (χ2v) is 13.4. The minimum Gasteiger partial charge on any atom is -0.308 e. The highest BCUT2D eigenvalue weighted by Crippen LogP contribution is 2.47. The summed E-state index contributed by atoms with van der Waals surface area (Å²) in [5.41, 5.74) is 8.88. The molecule has 50 heavy (non-hydrogen) atoms. The molecular formula is C46H26N4. The van der Waals surface area contributed by atoms with Crippen molar-refractivity contribution < 1.29 is 0 Å². The molecular weight excluding hydrogens is 609 g/mol. The van der Waals surface area contributed by atoms with Crippen LogP contribution in [0.5, 0.6) is 0 Å². The van der Waals surface area contributed by atoms with Crippen molar-refractivity contribution in [2.75, 3.05) is 0 Å². The first-order valence-corrected chi connectivity index (χ1v) is 17.1. The zero-order valence-electron chi connectivity index (χ0n) is 26.8. The zero-order valence-corrected chi connectivity index (χ0v) is 26.8. The molecule has 0 saturated heterocycles. The van der Waals surface area contributed by atoms with Gasteiger partial charge in [-0.3, -0.25) is 4.57 Å². The lowest BCUT2D eigenvalue weighted by molar-refractivity contribution is 1.02. The number of aromatic nitrogens is 4. The van der Waals surface area contributed by atoms with Crippen molar-refractivity contribution in [2.45, 2.75) is 0 Å². The van der Waals surface area contributed by atoms with E-state index in [2.05, 4.69) is 167 Å². The third-order valence-corrected chi connectivity index (χ3v) is 10.8. The van der Waals surface area contributed by atoms with Crippen LogP contribution in [0.3, 0.4) is 0 Å². The van der Waals surface area contributed by atoms with Gasteiger partial charge in [0.25, 0.3) is 0 Å². The maximum Gasteiger partial charge on any atom is 0.235 e. The highest BCUT2D eigenvalue weighted by molar-refractivity contribution is 6.36. The van der Waals surface area contributed by atoms with E-state index in [9.17, 15) is 0 Å². The Bertz CT molecular complexity index is 3370. The molecule has 0 bridgehead atoms. The third kappa shape index (κ3) is 3.30. The Kier molecular flexibility index (Phi) is 4.94. The average molecular weight is 635 g/mol. The van der Waals surface area contributed by atoms with Gasteiger partial charge in [0.05, 0.1) is 38.8 Å². The summed E-state index contributed by atoms with van der Waals surface area (Å²) in [5.74, 6) is 0.672. The van der Waals surface area contributed by atoms with Crippen molar-refractivity contribution in [1.29, 1.82) is 0 Å². The van der Waals surface area contributed by atoms with Gasteiger partial charge in [0.2, 0.25) is 5.95 Å². The molecule has 0 N–H and O–H groups in total. The van der Waals surface area contributed by atoms with Gasteiger partial charge >= 0.3 is 0 Å². The lowest BCUT2D eigenvalue weighted by Crippen LogP contribution is -2.03. The highest BCUT2D eigenvalue weighted by Gasteiger charge is 2.25. The van der Waals surface area contributed by atoms with Gasteiger partial charge in [-0.05, 0) is 52.6 Å². The van der Waals surface area contributed by atoms with Crippen LogP contribution in [0.15, 0.2) is 158 Å². The first kappa shape index (κ1) is 26.2. The molecule has 230 valence electrons. The average Bonchev–Trinajstić information content (AvgIpc) is 3.81. The smallest absolute Gasteiger partial charge is 0.235 e. The zero-order chi connectivity index (χ0) is 32.5. The van der Waals surface area contributed by atoms with E-state index in [1.54, 1.807) is 0 Å². The molecule has 0 aliphatic rings. The lowest BCUT2D eigenvalue weighted by atomic mass is 10.0. The molecule has 12 aromatic rings. The summed E-state index contributed by atoms with van der Waals surface area (Å²) in [5, 5.41) is 13.3. The molecule has 0 atom stereocenters. The number of para-hydroxylation sites is 2. The van der Waals surface area contributed by atoms with Gasteiger partial charge in [-0.1, -0.05) is 121 Å². The summed E-state index contributed by atoms with van der Waals surface area (Å²) < 4.78 is 4.79. The molecule has 0 radical (unpaired) electrons. The summed E-state index contributed by atoms with van der Waals surface area (Å²) in [7, 11) is 0. The molecule has 4 heteroatoms. The Morgan fingerprint density at radius 1 is 0.380 bits per heavy atom. The van der Waals surface area contributed by atoms with Crippen LogP contribution in [-0.4, -0.2) is 18.9 Å². The Balaban J connectivity index is 1.32. The van der Waals surface area contributed by atoms with Crippen molar-refractivity contribution in [3.63, 3.8) is 0 Å². The van der Waals surface area contributed by atoms with Crippen LogP contribution in [0.25, 0.3) is 110 Å². The normalized spacial score (nSPS) is 12.4. The second-order valence-electron chi connectivity index (χ2n) is 13.4. The molecule has 0 aliphatic carbocycles. The van der Waals surface area contributed by atoms with Crippen molar-refractivity contribution in [2.24, 2.45) is 0 Å². The number of hydrogen-bond donors (Lipinski definition) is 0. The van der Waals surface area contributed by atoms with Crippen LogP contribution in [0.2, 0.25) is 0 Å². The summed E-state index contributed by atoms with van der Waals surface area (Å²) >= 11 is 0. The van der Waals surface area contributed by atoms with E-state index in [-0.39, 0.29) is 0 Å². The minimum atomic E-state index is 0.672. The summed E-state index contributed by atoms with van der Waals surface area (Å²) in [6, 6.07) is 56.8. The SMILES string of the molecule is c1ccc(-c2nc(-n3c4ccccc4c4c5c6cc7ccccc7cc6n6c7ccccc7c(cc43)c56)nc3c2ccc2ccccc23)cc1. The van der Waals surface area contributed by atoms with Gasteiger partial charge in [0.15, 0.2) is 0 Å². The van der Waals surface area contributed by atoms with E-state index < -0.39 is 0 Å². The van der Waals surface area contributed by atoms with Crippen molar-refractivity contribution in [3.05, 3.63) is 158 Å². The van der Waals surface area contributed by atoms with Gasteiger partial charge in [0, 0.05) is 48.7 Å². The molecule has 0 amide bonds. The topological polar surface area (TPSA) is 35.1 Å². The Morgan fingerprint density at radius 3 is 1.90 bits per heavy atom. The van der Waals surface area contributed by atoms with Crippen LogP contribution >= 0.6 is 0 Å². The van der Waals surface area contributed by atoms with Crippen molar-refractivity contribution in [1.82, 2.24) is 18.9 Å². The van der Waals surface area contributed by atoms with Gasteiger partial charge in [-0.2, -0.15) is 0 Å². The third-order valence-electron chi connectivity index (χ3n) is 10.8. The fourth-order valence-electron chi connectivity index (χ4n) is 8.68. The van der Waals surface area contributed by atoms with Crippen LogP contribution < -0.4 is 0 Å². The van der Waals surface area contributed by atoms with E-state index >= 15 is 0 Å². The van der Waals surface area contributed by atoms with E-state index in [0.29, 0.717) is 5.95 Å². The summed E-state index contributed by atoms with van der Waals surface area (Å²) in [6.45, 7) is 0. The molecule has 0 spiro atoms. The largest absolute Gasteiger partial charge is 0.308 e. The van der Waals surface area contributed by atoms with E-state index in [1.807, 2.05) is 0 Å². The molecule has 0 fully saturated rings. The predicted octanol–water partition coefficient (Wildman–Crippen LogP) is 11.9. The number of nitrogens with zero attached hydrogens (tertiary/aromatic N) is 4. The number of benzene rings is 8. The quantitative estimate of drug-likeness (QED) is 0.177. The molecule has 4 nitrogen and oxygen atoms in total. The Morgan fingerprint density at radius 2 is 1.06 bits per heavy atom. The standard InChI is InChI=1S/C46H26N4/c1-2-13-28(14-3-1)43-34-23-22-27-12-6-7-17-31(27)44(34)48-46(47-43)50-38-21-11-9-19-33(38)41-40(50)26-35-32-18-8-10-20-37(32)49-39-25-30-16-5-4-15-29(30)24-36(39)42(41)45(35)49/h1-26H. The van der Waals surface area contributed by atoms with E-state index in [0.717, 1.165) is 44.0 Å². The molecule has 4 heterocycles. The molecule has 4 aromatic heterocycles. The first-order chi connectivity index (χ1) is 24.8. The fourth-order valence-corrected chi connectivity index (χ4v) is 8.68. The fraction of sp³-hybridized carbons (Fsp3) is 0. The molecule has 0 aliphatic heterocycles. The van der Waals surface area contributed by atoms with Crippen LogP contribution in [0.1, 0.15) is 0 Å². The number of fused-ring (bicyclic) bond motifs is 14. The van der Waals surface area contributed by atoms with Gasteiger partial charge < -0.3 is 4.40 Å². The summed E-state index contributed by atoms with van der Waals surface area (Å²) in [4.78, 5) is 10.9. The molecule has 0 unspecified atom stereocenters. The first-order valence-electron chi connectivity index (χ1n) is 17.1. The minimum absolute atomic E-state index is 0.672. The van der Waals surface area contributed by atoms with Crippen molar-refractivity contribution in [3.8, 4) is 17.2 Å². The number of hydrogen-bond acceptors (Lipinski definition) is 2. The van der Waals surface area contributed by atoms with Gasteiger partial charge in [0.1, 0.15) is 0 Å². The lowest BCUT2D eigenvalue weighted by Gasteiger charge is -2.13. The van der Waals surface area contributed by atoms with E-state index in [1.165, 1.54) is 59.6 Å². The van der Waals surface area contributed by atoms with Gasteiger partial charge in [-0.15, -0.1) is 0 Å². The maximum atomic E-state index is 5.46. The maximum absolute atomic E-state index is 5.46. The van der Waals surface area contributed by atoms with Crippen molar-refractivity contribution >= 4 is 92.3 Å². The predicted molar refractivity (Wildman–Crippen MR) is 209 cm³/mol. The Hall–Kier alpha value is -6.78. The van der Waals surface area contributed by atoms with E-state index in [4.69, 9.17) is 9.97 Å². The van der Waals surface area contributed by atoms with Gasteiger partial charge in [-0.25, -0.2) is 9.97 Å². The molecule has 0 saturated carbocycles. The Labute approximate surface area is 285 Å². The second kappa shape index (κ2) is 9.43. The molecule has 8 aromatic carbocycles. The highest BCUT2D eigenvalue weighted by atomic mass is 15.2. The summed E-state index contributed by atoms with van der Waals surface area (Å²) in [6.07, 6.45) is 0.